The lowest BCUT2D eigenvalue weighted by atomic mass is 10.0. The van der Waals surface area contributed by atoms with Crippen LogP contribution in [0, 0.1) is 5.82 Å². The van der Waals surface area contributed by atoms with Gasteiger partial charge in [-0.05, 0) is 24.1 Å². The van der Waals surface area contributed by atoms with Crippen LogP contribution in [0.5, 0.6) is 0 Å². The Kier molecular flexibility index (Phi) is 3.92. The highest BCUT2D eigenvalue weighted by Crippen LogP contribution is 2.29. The predicted molar refractivity (Wildman–Crippen MR) is 89.2 cm³/mol. The number of hydrogen-bond acceptors (Lipinski definition) is 4. The summed E-state index contributed by atoms with van der Waals surface area (Å²) < 4.78 is 38.7. The maximum Gasteiger partial charge on any atom is 0.152 e. The molecule has 1 N–H and O–H groups in total. The fourth-order valence-electron chi connectivity index (χ4n) is 3.65. The number of benzene rings is 1. The van der Waals surface area contributed by atoms with E-state index in [1.54, 1.807) is 12.1 Å². The van der Waals surface area contributed by atoms with Crippen molar-refractivity contribution in [2.45, 2.75) is 31.8 Å². The zero-order valence-electron chi connectivity index (χ0n) is 13.3. The number of sulfone groups is 1. The van der Waals surface area contributed by atoms with Crippen LogP contribution in [0.15, 0.2) is 24.3 Å². The normalized spacial score (nSPS) is 22.5. The third kappa shape index (κ3) is 2.98. The van der Waals surface area contributed by atoms with E-state index in [-0.39, 0.29) is 23.4 Å². The first-order valence-electron chi connectivity index (χ1n) is 8.26. The molecule has 2 aromatic rings. The van der Waals surface area contributed by atoms with Gasteiger partial charge in [0.1, 0.15) is 5.82 Å². The lowest BCUT2D eigenvalue weighted by Crippen LogP contribution is -2.26. The molecule has 1 atom stereocenters. The average molecular weight is 349 g/mol. The third-order valence-corrected chi connectivity index (χ3v) is 6.63. The third-order valence-electron chi connectivity index (χ3n) is 4.88. The zero-order valence-corrected chi connectivity index (χ0v) is 14.2. The van der Waals surface area contributed by atoms with E-state index >= 15 is 0 Å². The van der Waals surface area contributed by atoms with Crippen molar-refractivity contribution in [3.05, 3.63) is 52.6 Å². The van der Waals surface area contributed by atoms with Crippen LogP contribution in [0.3, 0.4) is 0 Å². The summed E-state index contributed by atoms with van der Waals surface area (Å²) >= 11 is 0. The van der Waals surface area contributed by atoms with Crippen molar-refractivity contribution >= 4 is 9.84 Å². The average Bonchev–Trinajstić information content (AvgIpc) is 3.10. The predicted octanol–water partition coefficient (Wildman–Crippen LogP) is 1.62. The van der Waals surface area contributed by atoms with E-state index in [9.17, 15) is 12.8 Å². The number of halogens is 1. The Labute approximate surface area is 140 Å². The summed E-state index contributed by atoms with van der Waals surface area (Å²) in [5.74, 6) is 0.187. The van der Waals surface area contributed by atoms with Gasteiger partial charge in [-0.15, -0.1) is 0 Å². The van der Waals surface area contributed by atoms with Crippen LogP contribution in [0.4, 0.5) is 4.39 Å². The van der Waals surface area contributed by atoms with E-state index in [0.29, 0.717) is 12.8 Å². The summed E-state index contributed by atoms with van der Waals surface area (Å²) in [6.07, 6.45) is 2.14. The summed E-state index contributed by atoms with van der Waals surface area (Å²) in [7, 11) is -2.94. The molecule has 2 aliphatic rings. The molecule has 1 saturated heterocycles. The van der Waals surface area contributed by atoms with Gasteiger partial charge in [0.25, 0.3) is 0 Å². The Morgan fingerprint density at radius 1 is 1.29 bits per heavy atom. The fraction of sp³-hybridized carbons (Fsp3) is 0.471. The molecule has 0 saturated carbocycles. The van der Waals surface area contributed by atoms with E-state index in [0.717, 1.165) is 36.5 Å². The van der Waals surface area contributed by atoms with E-state index in [1.807, 2.05) is 4.68 Å². The number of fused-ring (bicyclic) bond motifs is 1. The topological polar surface area (TPSA) is 64.0 Å². The molecule has 7 heteroatoms. The number of aromatic nitrogens is 2. The Balaban J connectivity index is 1.68. The monoisotopic (exact) mass is 349 g/mol. The van der Waals surface area contributed by atoms with Gasteiger partial charge in [0.05, 0.1) is 23.2 Å². The van der Waals surface area contributed by atoms with Gasteiger partial charge in [0.15, 0.2) is 9.84 Å². The summed E-state index contributed by atoms with van der Waals surface area (Å²) in [4.78, 5) is 0. The second-order valence-corrected chi connectivity index (χ2v) is 8.83. The van der Waals surface area contributed by atoms with Crippen molar-refractivity contribution in [1.29, 1.82) is 0 Å². The Bertz CT molecular complexity index is 859. The van der Waals surface area contributed by atoms with Crippen LogP contribution >= 0.6 is 0 Å². The molecule has 1 unspecified atom stereocenters. The minimum atomic E-state index is -2.94. The maximum atomic E-state index is 13.1. The van der Waals surface area contributed by atoms with Gasteiger partial charge in [-0.25, -0.2) is 12.8 Å². The number of hydrogen-bond donors (Lipinski definition) is 1. The summed E-state index contributed by atoms with van der Waals surface area (Å²) in [6.45, 7) is 1.64. The standard InChI is InChI=1S/C17H20FN3O2S/c18-13-3-1-12(2-4-13)9-16-15-10-19-7-5-17(15)21(20-16)14-6-8-24(22,23)11-14/h1-4,14,19H,5-11H2. The molecule has 4 rings (SSSR count). The van der Waals surface area contributed by atoms with E-state index in [1.165, 1.54) is 17.7 Å². The minimum absolute atomic E-state index is 0.0520. The van der Waals surface area contributed by atoms with E-state index in [4.69, 9.17) is 5.10 Å². The molecule has 0 bridgehead atoms. The van der Waals surface area contributed by atoms with E-state index in [2.05, 4.69) is 5.32 Å². The summed E-state index contributed by atoms with van der Waals surface area (Å²) in [5, 5.41) is 8.14. The molecule has 3 heterocycles. The first-order valence-corrected chi connectivity index (χ1v) is 10.1. The maximum absolute atomic E-state index is 13.1. The molecule has 1 aromatic carbocycles. The Hall–Kier alpha value is -1.73. The van der Waals surface area contributed by atoms with Gasteiger partial charge in [-0.1, -0.05) is 12.1 Å². The Morgan fingerprint density at radius 3 is 2.79 bits per heavy atom. The SMILES string of the molecule is O=S1(=O)CCC(n2nc(Cc3ccc(F)cc3)c3c2CCNC3)C1. The van der Waals surface area contributed by atoms with Crippen LogP contribution in [0.25, 0.3) is 0 Å². The zero-order chi connectivity index (χ0) is 16.7. The van der Waals surface area contributed by atoms with Crippen LogP contribution in [0.1, 0.15) is 35.0 Å². The molecule has 0 radical (unpaired) electrons. The quantitative estimate of drug-likeness (QED) is 0.915. The van der Waals surface area contributed by atoms with Crippen molar-refractivity contribution < 1.29 is 12.8 Å². The Morgan fingerprint density at radius 2 is 2.08 bits per heavy atom. The largest absolute Gasteiger partial charge is 0.312 e. The summed E-state index contributed by atoms with van der Waals surface area (Å²) in [5.41, 5.74) is 4.31. The van der Waals surface area contributed by atoms with Crippen molar-refractivity contribution in [3.8, 4) is 0 Å². The molecule has 2 aliphatic heterocycles. The van der Waals surface area contributed by atoms with Gasteiger partial charge in [0.2, 0.25) is 0 Å². The highest BCUT2D eigenvalue weighted by atomic mass is 32.2. The molecule has 0 amide bonds. The first kappa shape index (κ1) is 15.8. The molecule has 1 aromatic heterocycles. The van der Waals surface area contributed by atoms with Crippen molar-refractivity contribution in [1.82, 2.24) is 15.1 Å². The second-order valence-electron chi connectivity index (χ2n) is 6.60. The lowest BCUT2D eigenvalue weighted by molar-refractivity contribution is 0.467. The van der Waals surface area contributed by atoms with Crippen molar-refractivity contribution in [3.63, 3.8) is 0 Å². The van der Waals surface area contributed by atoms with Gasteiger partial charge < -0.3 is 5.32 Å². The molecule has 0 spiro atoms. The van der Waals surface area contributed by atoms with E-state index < -0.39 is 9.84 Å². The highest BCUT2D eigenvalue weighted by molar-refractivity contribution is 7.91. The molecule has 5 nitrogen and oxygen atoms in total. The highest BCUT2D eigenvalue weighted by Gasteiger charge is 2.33. The fourth-order valence-corrected chi connectivity index (χ4v) is 5.35. The van der Waals surface area contributed by atoms with Crippen molar-refractivity contribution in [2.24, 2.45) is 0 Å². The second kappa shape index (κ2) is 5.97. The van der Waals surface area contributed by atoms with Crippen LogP contribution in [-0.2, 0) is 29.2 Å². The van der Waals surface area contributed by atoms with Gasteiger partial charge in [-0.2, -0.15) is 5.10 Å². The van der Waals surface area contributed by atoms with Crippen molar-refractivity contribution in [2.75, 3.05) is 18.1 Å². The molecule has 0 aliphatic carbocycles. The van der Waals surface area contributed by atoms with Crippen LogP contribution < -0.4 is 5.32 Å². The van der Waals surface area contributed by atoms with Gasteiger partial charge in [-0.3, -0.25) is 4.68 Å². The summed E-state index contributed by atoms with van der Waals surface area (Å²) in [6, 6.07) is 6.42. The van der Waals surface area contributed by atoms with Crippen LogP contribution in [0.2, 0.25) is 0 Å². The number of nitrogens with one attached hydrogen (secondary N) is 1. The number of rotatable bonds is 3. The molecule has 24 heavy (non-hydrogen) atoms. The van der Waals surface area contributed by atoms with Gasteiger partial charge >= 0.3 is 0 Å². The molecule has 1 fully saturated rings. The molecular weight excluding hydrogens is 329 g/mol. The molecular formula is C17H20FN3O2S. The smallest absolute Gasteiger partial charge is 0.152 e. The molecule has 128 valence electrons. The van der Waals surface area contributed by atoms with Crippen LogP contribution in [-0.4, -0.2) is 36.2 Å². The number of nitrogens with zero attached hydrogens (tertiary/aromatic N) is 2. The minimum Gasteiger partial charge on any atom is -0.312 e. The first-order chi connectivity index (χ1) is 11.5. The van der Waals surface area contributed by atoms with Gasteiger partial charge in [0, 0.05) is 37.2 Å². The lowest BCUT2D eigenvalue weighted by Gasteiger charge is -2.18.